The summed E-state index contributed by atoms with van der Waals surface area (Å²) in [6.45, 7) is 4.34. The average molecular weight is 396 g/mol. The van der Waals surface area contributed by atoms with E-state index in [2.05, 4.69) is 59.3 Å². The van der Waals surface area contributed by atoms with E-state index in [4.69, 9.17) is 0 Å². The van der Waals surface area contributed by atoms with Gasteiger partial charge in [0.2, 0.25) is 0 Å². The maximum absolute atomic E-state index is 12.9. The second-order valence-electron chi connectivity index (χ2n) is 8.77. The number of fused-ring (bicyclic) bond motifs is 4. The van der Waals surface area contributed by atoms with E-state index in [-0.39, 0.29) is 5.56 Å². The fourth-order valence-electron chi connectivity index (χ4n) is 5.20. The molecule has 2 aromatic carbocycles. The first-order chi connectivity index (χ1) is 14.7. The predicted molar refractivity (Wildman–Crippen MR) is 121 cm³/mol. The maximum atomic E-state index is 12.9. The summed E-state index contributed by atoms with van der Waals surface area (Å²) in [6, 6.07) is 19.1. The first-order valence-corrected chi connectivity index (χ1v) is 10.8. The monoisotopic (exact) mass is 395 g/mol. The number of rotatable bonds is 2. The number of hydrogen-bond donors (Lipinski definition) is 1. The van der Waals surface area contributed by atoms with E-state index in [9.17, 15) is 4.79 Å². The van der Waals surface area contributed by atoms with E-state index < -0.39 is 0 Å². The van der Waals surface area contributed by atoms with E-state index in [1.165, 1.54) is 41.6 Å². The third-order valence-electron chi connectivity index (χ3n) is 6.86. The van der Waals surface area contributed by atoms with E-state index >= 15 is 0 Å². The van der Waals surface area contributed by atoms with Crippen molar-refractivity contribution in [1.82, 2.24) is 14.5 Å². The van der Waals surface area contributed by atoms with Gasteiger partial charge in [0, 0.05) is 47.9 Å². The number of aryl methyl sites for hydroxylation is 1. The smallest absolute Gasteiger partial charge is 0.255 e. The Kier molecular flexibility index (Phi) is 3.96. The Labute approximate surface area is 175 Å². The second-order valence-corrected chi connectivity index (χ2v) is 8.77. The Morgan fingerprint density at radius 1 is 1.00 bits per heavy atom. The highest BCUT2D eigenvalue weighted by Gasteiger charge is 2.31. The molecule has 4 aromatic rings. The minimum absolute atomic E-state index is 0.00983. The van der Waals surface area contributed by atoms with Crippen molar-refractivity contribution in [2.45, 2.75) is 38.8 Å². The molecule has 4 heterocycles. The molecule has 1 N–H and O–H groups in total. The lowest BCUT2D eigenvalue weighted by Crippen LogP contribution is -2.34. The topological polar surface area (TPSA) is 41.0 Å². The lowest BCUT2D eigenvalue weighted by Gasteiger charge is -2.29. The molecule has 1 saturated heterocycles. The largest absolute Gasteiger partial charge is 0.358 e. The summed E-state index contributed by atoms with van der Waals surface area (Å²) < 4.78 is 1.73. The normalized spacial score (nSPS) is 18.5. The fraction of sp³-hybridized carbons (Fsp3) is 0.269. The highest BCUT2D eigenvalue weighted by Crippen LogP contribution is 2.34. The lowest BCUT2D eigenvalue weighted by atomic mass is 9.99. The molecule has 4 nitrogen and oxygen atoms in total. The second kappa shape index (κ2) is 6.71. The van der Waals surface area contributed by atoms with Crippen molar-refractivity contribution in [3.05, 3.63) is 88.0 Å². The minimum atomic E-state index is -0.00983. The van der Waals surface area contributed by atoms with Crippen molar-refractivity contribution in [1.29, 1.82) is 0 Å². The molecule has 1 fully saturated rings. The van der Waals surface area contributed by atoms with Gasteiger partial charge >= 0.3 is 0 Å². The van der Waals surface area contributed by atoms with Gasteiger partial charge in [-0.3, -0.25) is 14.3 Å². The summed E-state index contributed by atoms with van der Waals surface area (Å²) in [6.07, 6.45) is 5.63. The van der Waals surface area contributed by atoms with Gasteiger partial charge in [-0.15, -0.1) is 0 Å². The van der Waals surface area contributed by atoms with Gasteiger partial charge in [-0.1, -0.05) is 35.9 Å². The Morgan fingerprint density at radius 2 is 1.87 bits per heavy atom. The SMILES string of the molecule is Cc1ccc(-c2ccn(-c3ccc4c5c([nH]c4c3)CC3CCCN3C5)c(=O)c2)cc1. The number of nitrogens with one attached hydrogen (secondary N) is 1. The van der Waals surface area contributed by atoms with Gasteiger partial charge in [-0.2, -0.15) is 0 Å². The number of benzene rings is 2. The first-order valence-electron chi connectivity index (χ1n) is 10.8. The molecule has 0 bridgehead atoms. The zero-order valence-corrected chi connectivity index (χ0v) is 17.2. The van der Waals surface area contributed by atoms with Gasteiger partial charge < -0.3 is 4.98 Å². The predicted octanol–water partition coefficient (Wildman–Crippen LogP) is 4.81. The molecule has 2 aromatic heterocycles. The van der Waals surface area contributed by atoms with Crippen LogP contribution in [0.5, 0.6) is 0 Å². The number of aromatic nitrogens is 2. The molecule has 0 spiro atoms. The molecule has 0 aliphatic carbocycles. The molecule has 0 amide bonds. The summed E-state index contributed by atoms with van der Waals surface area (Å²) in [5.74, 6) is 0. The zero-order valence-electron chi connectivity index (χ0n) is 17.2. The Bertz CT molecular complexity index is 1310. The van der Waals surface area contributed by atoms with Gasteiger partial charge in [-0.25, -0.2) is 0 Å². The first kappa shape index (κ1) is 17.7. The average Bonchev–Trinajstić information content (AvgIpc) is 3.35. The molecule has 1 unspecified atom stereocenters. The lowest BCUT2D eigenvalue weighted by molar-refractivity contribution is 0.227. The third kappa shape index (κ3) is 2.83. The molecular weight excluding hydrogens is 370 g/mol. The molecule has 30 heavy (non-hydrogen) atoms. The third-order valence-corrected chi connectivity index (χ3v) is 6.86. The maximum Gasteiger partial charge on any atom is 0.255 e. The van der Waals surface area contributed by atoms with Crippen LogP contribution in [-0.4, -0.2) is 27.0 Å². The quantitative estimate of drug-likeness (QED) is 0.529. The van der Waals surface area contributed by atoms with E-state index in [1.807, 2.05) is 12.3 Å². The standard InChI is InChI=1S/C26H25N3O/c1-17-4-6-18(7-5-17)19-10-12-29(26(30)13-19)21-8-9-22-23-16-28-11-2-3-20(28)14-25(23)27-24(22)15-21/h4-10,12-13,15,20,27H,2-3,11,14,16H2,1H3. The fourth-order valence-corrected chi connectivity index (χ4v) is 5.20. The zero-order chi connectivity index (χ0) is 20.2. The molecule has 4 heteroatoms. The number of hydrogen-bond acceptors (Lipinski definition) is 2. The van der Waals surface area contributed by atoms with Gasteiger partial charge in [0.15, 0.2) is 0 Å². The van der Waals surface area contributed by atoms with Crippen molar-refractivity contribution < 1.29 is 0 Å². The molecule has 2 aliphatic heterocycles. The molecular formula is C26H25N3O. The van der Waals surface area contributed by atoms with Crippen LogP contribution < -0.4 is 5.56 Å². The van der Waals surface area contributed by atoms with E-state index in [0.29, 0.717) is 6.04 Å². The molecule has 150 valence electrons. The molecule has 1 atom stereocenters. The van der Waals surface area contributed by atoms with Crippen LogP contribution in [0.15, 0.2) is 65.6 Å². The molecule has 6 rings (SSSR count). The van der Waals surface area contributed by atoms with Crippen LogP contribution in [0.1, 0.15) is 29.7 Å². The van der Waals surface area contributed by atoms with Crippen LogP contribution in [0.3, 0.4) is 0 Å². The number of aromatic amines is 1. The van der Waals surface area contributed by atoms with Crippen molar-refractivity contribution in [3.8, 4) is 16.8 Å². The summed E-state index contributed by atoms with van der Waals surface area (Å²) >= 11 is 0. The van der Waals surface area contributed by atoms with Crippen LogP contribution >= 0.6 is 0 Å². The number of pyridine rings is 1. The number of H-pyrrole nitrogens is 1. The van der Waals surface area contributed by atoms with Gasteiger partial charge in [0.25, 0.3) is 5.56 Å². The van der Waals surface area contributed by atoms with Crippen LogP contribution in [0.4, 0.5) is 0 Å². The van der Waals surface area contributed by atoms with E-state index in [1.54, 1.807) is 10.6 Å². The van der Waals surface area contributed by atoms with Gasteiger partial charge in [0.05, 0.1) is 5.69 Å². The van der Waals surface area contributed by atoms with Crippen LogP contribution in [0.2, 0.25) is 0 Å². The Balaban J connectivity index is 1.37. The molecule has 2 aliphatic rings. The van der Waals surface area contributed by atoms with E-state index in [0.717, 1.165) is 35.3 Å². The summed E-state index contributed by atoms with van der Waals surface area (Å²) in [5.41, 5.74) is 8.09. The van der Waals surface area contributed by atoms with Crippen LogP contribution in [0, 0.1) is 6.92 Å². The van der Waals surface area contributed by atoms with Crippen molar-refractivity contribution >= 4 is 10.9 Å². The van der Waals surface area contributed by atoms with Crippen LogP contribution in [-0.2, 0) is 13.0 Å². The summed E-state index contributed by atoms with van der Waals surface area (Å²) in [5, 5.41) is 1.29. The summed E-state index contributed by atoms with van der Waals surface area (Å²) in [7, 11) is 0. The summed E-state index contributed by atoms with van der Waals surface area (Å²) in [4.78, 5) is 19.2. The highest BCUT2D eigenvalue weighted by atomic mass is 16.1. The van der Waals surface area contributed by atoms with Gasteiger partial charge in [0.1, 0.15) is 0 Å². The highest BCUT2D eigenvalue weighted by molar-refractivity contribution is 5.86. The van der Waals surface area contributed by atoms with Crippen molar-refractivity contribution in [3.63, 3.8) is 0 Å². The minimum Gasteiger partial charge on any atom is -0.358 e. The van der Waals surface area contributed by atoms with Crippen molar-refractivity contribution in [2.24, 2.45) is 0 Å². The van der Waals surface area contributed by atoms with Gasteiger partial charge in [-0.05, 0) is 61.2 Å². The Morgan fingerprint density at radius 3 is 2.70 bits per heavy atom. The Hall–Kier alpha value is -3.11. The molecule has 0 saturated carbocycles. The van der Waals surface area contributed by atoms with Crippen molar-refractivity contribution in [2.75, 3.05) is 6.54 Å². The van der Waals surface area contributed by atoms with Crippen LogP contribution in [0.25, 0.3) is 27.7 Å². The number of nitrogens with zero attached hydrogens (tertiary/aromatic N) is 2. The molecule has 0 radical (unpaired) electrons.